The van der Waals surface area contributed by atoms with E-state index in [4.69, 9.17) is 4.74 Å². The maximum Gasteiger partial charge on any atom is 0.131 e. The van der Waals surface area contributed by atoms with Crippen molar-refractivity contribution in [2.45, 2.75) is 26.5 Å². The number of aromatic nitrogens is 2. The first-order chi connectivity index (χ1) is 10.1. The Balaban J connectivity index is 2.13. The smallest absolute Gasteiger partial charge is 0.131 e. The lowest BCUT2D eigenvalue weighted by atomic mass is 10.2. The Morgan fingerprint density at radius 3 is 2.71 bits per heavy atom. The van der Waals surface area contributed by atoms with Crippen LogP contribution in [0.25, 0.3) is 0 Å². The topological polar surface area (TPSA) is 39.1 Å². The van der Waals surface area contributed by atoms with Gasteiger partial charge in [0.05, 0.1) is 15.9 Å². The second-order valence-corrected chi connectivity index (χ2v) is 6.40. The summed E-state index contributed by atoms with van der Waals surface area (Å²) >= 11 is 7.15. The van der Waals surface area contributed by atoms with Gasteiger partial charge >= 0.3 is 0 Å². The Morgan fingerprint density at radius 2 is 2.10 bits per heavy atom. The summed E-state index contributed by atoms with van der Waals surface area (Å²) in [4.78, 5) is 0. The van der Waals surface area contributed by atoms with E-state index in [1.807, 2.05) is 37.0 Å². The summed E-state index contributed by atoms with van der Waals surface area (Å²) in [5.74, 6) is 0.856. The van der Waals surface area contributed by atoms with E-state index < -0.39 is 0 Å². The molecule has 0 unspecified atom stereocenters. The van der Waals surface area contributed by atoms with Crippen molar-refractivity contribution in [1.82, 2.24) is 15.1 Å². The van der Waals surface area contributed by atoms with Crippen LogP contribution in [-0.2, 0) is 26.6 Å². The Bertz CT molecular complexity index is 626. The van der Waals surface area contributed by atoms with Gasteiger partial charge in [0.1, 0.15) is 12.4 Å². The van der Waals surface area contributed by atoms with Crippen LogP contribution in [0.5, 0.6) is 5.75 Å². The number of halogens is 2. The third-order valence-electron chi connectivity index (χ3n) is 3.26. The lowest BCUT2D eigenvalue weighted by molar-refractivity contribution is 0.293. The molecule has 4 nitrogen and oxygen atoms in total. The van der Waals surface area contributed by atoms with E-state index in [1.54, 1.807) is 0 Å². The molecule has 0 saturated heterocycles. The van der Waals surface area contributed by atoms with Crippen LogP contribution in [0.2, 0.25) is 0 Å². The molecule has 1 aromatic heterocycles. The highest BCUT2D eigenvalue weighted by Gasteiger charge is 2.13. The van der Waals surface area contributed by atoms with Crippen LogP contribution in [0.1, 0.15) is 23.9 Å². The van der Waals surface area contributed by atoms with E-state index in [-0.39, 0.29) is 0 Å². The molecular formula is C15H19Br2N3O. The van der Waals surface area contributed by atoms with Gasteiger partial charge in [-0.1, -0.05) is 22.9 Å². The van der Waals surface area contributed by atoms with E-state index in [0.717, 1.165) is 39.0 Å². The van der Waals surface area contributed by atoms with Crippen LogP contribution < -0.4 is 10.1 Å². The van der Waals surface area contributed by atoms with Crippen molar-refractivity contribution in [1.29, 1.82) is 0 Å². The molecule has 0 atom stereocenters. The highest BCUT2D eigenvalue weighted by Crippen LogP contribution is 2.26. The van der Waals surface area contributed by atoms with Gasteiger partial charge in [-0.15, -0.1) is 0 Å². The monoisotopic (exact) mass is 415 g/mol. The minimum Gasteiger partial charge on any atom is -0.487 e. The van der Waals surface area contributed by atoms with Gasteiger partial charge in [0.2, 0.25) is 0 Å². The van der Waals surface area contributed by atoms with Crippen molar-refractivity contribution >= 4 is 31.9 Å². The van der Waals surface area contributed by atoms with Crippen molar-refractivity contribution in [3.8, 4) is 5.75 Å². The standard InChI is InChI=1S/C15H19Br2N3O/c1-4-13-15(17)14(20(3)19-13)9-21-11-5-6-12(16)10(7-11)8-18-2/h5-7,18H,4,8-9H2,1-3H3. The summed E-state index contributed by atoms with van der Waals surface area (Å²) in [6.45, 7) is 3.38. The van der Waals surface area contributed by atoms with Crippen LogP contribution in [0.15, 0.2) is 27.1 Å². The van der Waals surface area contributed by atoms with Gasteiger partial charge in [-0.2, -0.15) is 5.10 Å². The summed E-state index contributed by atoms with van der Waals surface area (Å²) < 4.78 is 9.91. The molecule has 1 N–H and O–H groups in total. The van der Waals surface area contributed by atoms with Crippen LogP contribution in [0.4, 0.5) is 0 Å². The number of hydrogen-bond donors (Lipinski definition) is 1. The maximum absolute atomic E-state index is 5.91. The lowest BCUT2D eigenvalue weighted by Gasteiger charge is -2.10. The van der Waals surface area contributed by atoms with E-state index in [1.165, 1.54) is 5.56 Å². The molecule has 21 heavy (non-hydrogen) atoms. The second kappa shape index (κ2) is 7.42. The van der Waals surface area contributed by atoms with Gasteiger partial charge < -0.3 is 10.1 Å². The predicted molar refractivity (Wildman–Crippen MR) is 91.5 cm³/mol. The summed E-state index contributed by atoms with van der Waals surface area (Å²) in [6.07, 6.45) is 0.902. The van der Waals surface area contributed by atoms with Gasteiger partial charge in [0.15, 0.2) is 0 Å². The highest BCUT2D eigenvalue weighted by molar-refractivity contribution is 9.10. The minimum absolute atomic E-state index is 0.491. The SMILES string of the molecule is CCc1nn(C)c(COc2ccc(Br)c(CNC)c2)c1Br. The first-order valence-electron chi connectivity index (χ1n) is 6.82. The van der Waals surface area contributed by atoms with E-state index >= 15 is 0 Å². The number of ether oxygens (including phenoxy) is 1. The predicted octanol–water partition coefficient (Wildman–Crippen LogP) is 3.81. The normalized spacial score (nSPS) is 10.9. The van der Waals surface area contributed by atoms with Crippen LogP contribution in [0.3, 0.4) is 0 Å². The van der Waals surface area contributed by atoms with Crippen LogP contribution in [0, 0.1) is 0 Å². The Hall–Kier alpha value is -0.850. The van der Waals surface area contributed by atoms with Crippen molar-refractivity contribution in [2.75, 3.05) is 7.05 Å². The van der Waals surface area contributed by atoms with Gasteiger partial charge in [-0.25, -0.2) is 0 Å². The summed E-state index contributed by atoms with van der Waals surface area (Å²) in [5.41, 5.74) is 3.28. The first kappa shape index (κ1) is 16.5. The highest BCUT2D eigenvalue weighted by atomic mass is 79.9. The number of rotatable bonds is 6. The van der Waals surface area contributed by atoms with Gasteiger partial charge in [-0.05, 0) is 53.2 Å². The van der Waals surface area contributed by atoms with Crippen molar-refractivity contribution in [3.63, 3.8) is 0 Å². The molecule has 2 aromatic rings. The molecule has 1 aromatic carbocycles. The van der Waals surface area contributed by atoms with E-state index in [9.17, 15) is 0 Å². The molecule has 114 valence electrons. The summed E-state index contributed by atoms with van der Waals surface area (Å²) in [5, 5.41) is 7.62. The minimum atomic E-state index is 0.491. The van der Waals surface area contributed by atoms with Gasteiger partial charge in [0, 0.05) is 18.1 Å². The maximum atomic E-state index is 5.91. The molecule has 2 rings (SSSR count). The van der Waals surface area contributed by atoms with E-state index in [2.05, 4.69) is 49.2 Å². The van der Waals surface area contributed by atoms with Gasteiger partial charge in [0.25, 0.3) is 0 Å². The van der Waals surface area contributed by atoms with Crippen LogP contribution >= 0.6 is 31.9 Å². The molecule has 0 aliphatic carbocycles. The molecule has 0 spiro atoms. The largest absolute Gasteiger partial charge is 0.487 e. The van der Waals surface area contributed by atoms with Crippen molar-refractivity contribution < 1.29 is 4.74 Å². The Kier molecular flexibility index (Phi) is 5.84. The average molecular weight is 417 g/mol. The molecule has 0 aliphatic heterocycles. The van der Waals surface area contributed by atoms with Crippen molar-refractivity contribution in [3.05, 3.63) is 44.1 Å². The molecule has 0 amide bonds. The van der Waals surface area contributed by atoms with E-state index in [0.29, 0.717) is 6.61 Å². The fourth-order valence-corrected chi connectivity index (χ4v) is 3.21. The third kappa shape index (κ3) is 3.87. The molecule has 0 fully saturated rings. The zero-order valence-corrected chi connectivity index (χ0v) is 15.6. The molecule has 6 heteroatoms. The van der Waals surface area contributed by atoms with Crippen LogP contribution in [-0.4, -0.2) is 16.8 Å². The number of nitrogens with zero attached hydrogens (tertiary/aromatic N) is 2. The fraction of sp³-hybridized carbons (Fsp3) is 0.400. The zero-order valence-electron chi connectivity index (χ0n) is 12.4. The van der Waals surface area contributed by atoms with Gasteiger partial charge in [-0.3, -0.25) is 4.68 Å². The molecule has 0 saturated carbocycles. The lowest BCUT2D eigenvalue weighted by Crippen LogP contribution is -2.07. The summed E-state index contributed by atoms with van der Waals surface area (Å²) in [6, 6.07) is 6.03. The Labute approximate surface area is 142 Å². The number of benzene rings is 1. The molecule has 1 heterocycles. The first-order valence-corrected chi connectivity index (χ1v) is 8.41. The quantitative estimate of drug-likeness (QED) is 0.778. The number of aryl methyl sites for hydroxylation is 2. The molecule has 0 aliphatic rings. The molecular weight excluding hydrogens is 398 g/mol. The third-order valence-corrected chi connectivity index (χ3v) is 4.95. The van der Waals surface area contributed by atoms with Crippen molar-refractivity contribution in [2.24, 2.45) is 7.05 Å². The second-order valence-electron chi connectivity index (χ2n) is 4.76. The average Bonchev–Trinajstić information content (AvgIpc) is 2.74. The Morgan fingerprint density at radius 1 is 1.33 bits per heavy atom. The fourth-order valence-electron chi connectivity index (χ4n) is 2.10. The number of hydrogen-bond acceptors (Lipinski definition) is 3. The summed E-state index contributed by atoms with van der Waals surface area (Å²) in [7, 11) is 3.87. The zero-order chi connectivity index (χ0) is 15.4. The number of nitrogens with one attached hydrogen (secondary N) is 1. The molecule has 0 radical (unpaired) electrons. The molecule has 0 bridgehead atoms.